The fourth-order valence-corrected chi connectivity index (χ4v) is 2.20. The van der Waals surface area contributed by atoms with Gasteiger partial charge >= 0.3 is 0 Å². The van der Waals surface area contributed by atoms with E-state index >= 15 is 0 Å². The molecule has 0 spiro atoms. The van der Waals surface area contributed by atoms with Crippen LogP contribution in [0, 0.1) is 0 Å². The molecule has 2 nitrogen and oxygen atoms in total. The van der Waals surface area contributed by atoms with Gasteiger partial charge in [-0.1, -0.05) is 38.4 Å². The van der Waals surface area contributed by atoms with Crippen molar-refractivity contribution >= 4 is 49.1 Å². The van der Waals surface area contributed by atoms with Crippen LogP contribution in [0.4, 0.5) is 11.4 Å². The summed E-state index contributed by atoms with van der Waals surface area (Å²) in [6, 6.07) is 15.1. The lowest BCUT2D eigenvalue weighted by atomic mass is 10.2. The Bertz CT molecular complexity index is 545. The number of carbonyl (C=O) groups excluding carboxylic acids is 1. The van der Waals surface area contributed by atoms with Crippen LogP contribution in [0.3, 0.4) is 0 Å². The maximum absolute atomic E-state index is 12.1. The summed E-state index contributed by atoms with van der Waals surface area (Å²) in [5, 5.41) is 0. The summed E-state index contributed by atoms with van der Waals surface area (Å²) < 4.78 is 1.94. The number of hydrogen-bond acceptors (Lipinski definition) is 1. The van der Waals surface area contributed by atoms with Crippen LogP contribution in [0.2, 0.25) is 0 Å². The van der Waals surface area contributed by atoms with Crippen molar-refractivity contribution in [2.45, 2.75) is 0 Å². The van der Waals surface area contributed by atoms with Crippen LogP contribution in [-0.2, 0) is 4.79 Å². The van der Waals surface area contributed by atoms with Gasteiger partial charge in [-0.2, -0.15) is 0 Å². The van der Waals surface area contributed by atoms with E-state index in [2.05, 4.69) is 38.4 Å². The second-order valence-corrected chi connectivity index (χ2v) is 5.66. The number of nitrogens with zero attached hydrogens (tertiary/aromatic N) is 1. The molecule has 0 heterocycles. The van der Waals surface area contributed by atoms with Gasteiger partial charge in [-0.25, -0.2) is 0 Å². The molecule has 0 aromatic heterocycles. The Morgan fingerprint density at radius 2 is 1.26 bits per heavy atom. The van der Waals surface area contributed by atoms with Crippen molar-refractivity contribution in [1.29, 1.82) is 0 Å². The standard InChI is InChI=1S/C15H11Br2NO/c1-2-15(19)18(13-7-3-11(16)4-8-13)14-9-5-12(17)6-10-14/h2-10H,1H2. The smallest absolute Gasteiger partial charge is 0.254 e. The first-order valence-corrected chi connectivity index (χ1v) is 7.18. The predicted octanol–water partition coefficient (Wildman–Crippen LogP) is 5.06. The Balaban J connectivity index is 2.47. The lowest BCUT2D eigenvalue weighted by Crippen LogP contribution is -2.23. The van der Waals surface area contributed by atoms with Crippen LogP contribution in [-0.4, -0.2) is 5.91 Å². The van der Waals surface area contributed by atoms with Crippen molar-refractivity contribution in [3.05, 3.63) is 70.1 Å². The molecule has 0 N–H and O–H groups in total. The maximum Gasteiger partial charge on any atom is 0.254 e. The summed E-state index contributed by atoms with van der Waals surface area (Å²) in [7, 11) is 0. The molecule has 0 saturated heterocycles. The Morgan fingerprint density at radius 1 is 0.895 bits per heavy atom. The zero-order valence-corrected chi connectivity index (χ0v) is 13.2. The molecule has 2 aromatic carbocycles. The Labute approximate surface area is 129 Å². The molecule has 0 bridgehead atoms. The average molecular weight is 381 g/mol. The summed E-state index contributed by atoms with van der Waals surface area (Å²) in [4.78, 5) is 13.7. The molecule has 0 saturated carbocycles. The minimum Gasteiger partial charge on any atom is -0.278 e. The highest BCUT2D eigenvalue weighted by atomic mass is 79.9. The van der Waals surface area contributed by atoms with Gasteiger partial charge in [0.15, 0.2) is 0 Å². The van der Waals surface area contributed by atoms with Crippen molar-refractivity contribution < 1.29 is 4.79 Å². The average Bonchev–Trinajstić information content (AvgIpc) is 2.43. The zero-order valence-electron chi connectivity index (χ0n) is 10.0. The topological polar surface area (TPSA) is 20.3 Å². The zero-order chi connectivity index (χ0) is 13.8. The molecule has 4 heteroatoms. The third-order valence-electron chi connectivity index (χ3n) is 2.56. The predicted molar refractivity (Wildman–Crippen MR) is 85.6 cm³/mol. The van der Waals surface area contributed by atoms with Crippen molar-refractivity contribution in [2.75, 3.05) is 4.90 Å². The van der Waals surface area contributed by atoms with Crippen molar-refractivity contribution in [3.63, 3.8) is 0 Å². The molecule has 96 valence electrons. The largest absolute Gasteiger partial charge is 0.278 e. The first kappa shape index (κ1) is 14.0. The molecule has 0 aliphatic carbocycles. The van der Waals surface area contributed by atoms with Crippen LogP contribution in [0.25, 0.3) is 0 Å². The molecule has 0 aliphatic rings. The summed E-state index contributed by atoms with van der Waals surface area (Å²) in [5.74, 6) is -0.162. The number of carbonyl (C=O) groups is 1. The van der Waals surface area contributed by atoms with E-state index in [1.165, 1.54) is 6.08 Å². The van der Waals surface area contributed by atoms with Gasteiger partial charge in [0.2, 0.25) is 0 Å². The second kappa shape index (κ2) is 6.17. The lowest BCUT2D eigenvalue weighted by molar-refractivity contribution is -0.113. The van der Waals surface area contributed by atoms with Crippen molar-refractivity contribution in [2.24, 2.45) is 0 Å². The molecule has 0 atom stereocenters. The number of anilines is 2. The highest BCUT2D eigenvalue weighted by Gasteiger charge is 2.14. The second-order valence-electron chi connectivity index (χ2n) is 3.83. The van der Waals surface area contributed by atoms with E-state index in [1.807, 2.05) is 48.5 Å². The van der Waals surface area contributed by atoms with Crippen LogP contribution in [0.15, 0.2) is 70.1 Å². The monoisotopic (exact) mass is 379 g/mol. The first-order chi connectivity index (χ1) is 9.11. The van der Waals surface area contributed by atoms with E-state index in [4.69, 9.17) is 0 Å². The summed E-state index contributed by atoms with van der Waals surface area (Å²) in [6.45, 7) is 3.56. The molecule has 19 heavy (non-hydrogen) atoms. The molecule has 2 rings (SSSR count). The van der Waals surface area contributed by atoms with Crippen LogP contribution >= 0.6 is 31.9 Å². The van der Waals surface area contributed by atoms with Gasteiger partial charge < -0.3 is 0 Å². The van der Waals surface area contributed by atoms with Gasteiger partial charge in [-0.05, 0) is 54.6 Å². The van der Waals surface area contributed by atoms with E-state index in [0.717, 1.165) is 20.3 Å². The van der Waals surface area contributed by atoms with Gasteiger partial charge in [-0.15, -0.1) is 0 Å². The van der Waals surface area contributed by atoms with Crippen LogP contribution in [0.5, 0.6) is 0 Å². The normalized spacial score (nSPS) is 10.0. The number of halogens is 2. The Hall–Kier alpha value is -1.39. The van der Waals surface area contributed by atoms with E-state index in [0.29, 0.717) is 0 Å². The molecule has 0 aliphatic heterocycles. The Morgan fingerprint density at radius 3 is 1.58 bits per heavy atom. The number of hydrogen-bond donors (Lipinski definition) is 0. The molecular formula is C15H11Br2NO. The van der Waals surface area contributed by atoms with Gasteiger partial charge in [0.25, 0.3) is 5.91 Å². The molecule has 2 aromatic rings. The molecular weight excluding hydrogens is 370 g/mol. The fraction of sp³-hybridized carbons (Fsp3) is 0. The van der Waals surface area contributed by atoms with E-state index in [9.17, 15) is 4.79 Å². The number of amides is 1. The number of benzene rings is 2. The van der Waals surface area contributed by atoms with E-state index in [1.54, 1.807) is 4.90 Å². The molecule has 1 amide bonds. The third-order valence-corrected chi connectivity index (χ3v) is 3.62. The lowest BCUT2D eigenvalue weighted by Gasteiger charge is -2.21. The van der Waals surface area contributed by atoms with Gasteiger partial charge in [0, 0.05) is 20.3 Å². The highest BCUT2D eigenvalue weighted by molar-refractivity contribution is 9.10. The minimum absolute atomic E-state index is 0.162. The number of rotatable bonds is 3. The molecule has 0 radical (unpaired) electrons. The molecule has 0 unspecified atom stereocenters. The summed E-state index contributed by atoms with van der Waals surface area (Å²) in [6.07, 6.45) is 1.31. The van der Waals surface area contributed by atoms with E-state index in [-0.39, 0.29) is 5.91 Å². The maximum atomic E-state index is 12.1. The minimum atomic E-state index is -0.162. The van der Waals surface area contributed by atoms with Crippen LogP contribution in [0.1, 0.15) is 0 Å². The van der Waals surface area contributed by atoms with Crippen molar-refractivity contribution in [3.8, 4) is 0 Å². The molecule has 0 fully saturated rings. The first-order valence-electron chi connectivity index (χ1n) is 5.59. The van der Waals surface area contributed by atoms with Crippen LogP contribution < -0.4 is 4.90 Å². The van der Waals surface area contributed by atoms with Crippen molar-refractivity contribution in [1.82, 2.24) is 0 Å². The quantitative estimate of drug-likeness (QED) is 0.681. The Kier molecular flexibility index (Phi) is 4.56. The van der Waals surface area contributed by atoms with Gasteiger partial charge in [-0.3, -0.25) is 9.69 Å². The highest BCUT2D eigenvalue weighted by Crippen LogP contribution is 2.28. The van der Waals surface area contributed by atoms with Gasteiger partial charge in [0.05, 0.1) is 0 Å². The van der Waals surface area contributed by atoms with Gasteiger partial charge in [0.1, 0.15) is 0 Å². The third kappa shape index (κ3) is 3.33. The fourth-order valence-electron chi connectivity index (χ4n) is 1.68. The summed E-state index contributed by atoms with van der Waals surface area (Å²) in [5.41, 5.74) is 1.60. The van der Waals surface area contributed by atoms with E-state index < -0.39 is 0 Å². The SMILES string of the molecule is C=CC(=O)N(c1ccc(Br)cc1)c1ccc(Br)cc1. The summed E-state index contributed by atoms with van der Waals surface area (Å²) >= 11 is 6.77.